The Kier molecular flexibility index (Phi) is 50.4. The molecule has 0 bridgehead atoms. The van der Waals surface area contributed by atoms with Crippen LogP contribution in [-0.2, 0) is 90.6 Å². The number of rotatable bonds is 62. The number of unbranched alkanes of at least 4 members (excludes halogenated alkanes) is 11. The molecule has 0 aliphatic carbocycles. The molecule has 3 saturated heterocycles. The number of carbonyl (C=O) groups excluding carboxylic acids is 10. The van der Waals surface area contributed by atoms with E-state index in [0.717, 1.165) is 51.4 Å². The lowest BCUT2D eigenvalue weighted by Crippen LogP contribution is -2.64. The molecule has 0 spiro atoms. The van der Waals surface area contributed by atoms with Gasteiger partial charge in [-0.05, 0) is 70.6 Å². The number of hydrogen-bond donors (Lipinski definition) is 17. The monoisotopic (exact) mass is 1590 g/mol. The van der Waals surface area contributed by atoms with Gasteiger partial charge in [0.05, 0.1) is 71.2 Å². The highest BCUT2D eigenvalue weighted by molar-refractivity contribution is 7.80. The number of thiol groups is 1. The third-order valence-electron chi connectivity index (χ3n) is 18.6. The summed E-state index contributed by atoms with van der Waals surface area (Å²) >= 11 is 4.17. The van der Waals surface area contributed by atoms with Crippen LogP contribution in [0.25, 0.3) is 0 Å². The molecule has 0 unspecified atom stereocenters. The number of hydrogen-bond acceptors (Lipinski definition) is 28. The van der Waals surface area contributed by atoms with E-state index in [0.29, 0.717) is 83.8 Å². The van der Waals surface area contributed by atoms with Crippen LogP contribution in [0, 0.1) is 0 Å². The first-order valence-corrected chi connectivity index (χ1v) is 39.8. The second-order valence-corrected chi connectivity index (χ2v) is 28.4. The molecule has 0 aromatic heterocycles. The van der Waals surface area contributed by atoms with Crippen molar-refractivity contribution < 1.29 is 131 Å². The van der Waals surface area contributed by atoms with E-state index in [1.807, 2.05) is 0 Å². The highest BCUT2D eigenvalue weighted by atomic mass is 32.1. The van der Waals surface area contributed by atoms with Crippen molar-refractivity contribution >= 4 is 71.7 Å². The first-order valence-electron chi connectivity index (χ1n) is 39.2. The predicted octanol–water partition coefficient (Wildman–Crippen LogP) is -2.14. The van der Waals surface area contributed by atoms with Gasteiger partial charge in [-0.15, -0.1) is 0 Å². The van der Waals surface area contributed by atoms with Crippen LogP contribution < -0.4 is 42.5 Å². The highest BCUT2D eigenvalue weighted by Gasteiger charge is 2.45. The lowest BCUT2D eigenvalue weighted by molar-refractivity contribution is -0.259. The van der Waals surface area contributed by atoms with E-state index in [4.69, 9.17) is 42.6 Å². The largest absolute Gasteiger partial charge is 0.394 e. The van der Waals surface area contributed by atoms with Crippen LogP contribution >= 0.6 is 12.6 Å². The summed E-state index contributed by atoms with van der Waals surface area (Å²) in [5, 5.41) is 102. The fourth-order valence-corrected chi connectivity index (χ4v) is 12.5. The standard InChI is InChI=1S/C73H127N9O27S/c1-50(85)80-67-71(100)70(99)55(46-110)109-72(67)106-38-16-12-22-58(90)76-31-19-34-79-61(93)28-41-103-49-73(81-62(94)23-9-7-5-3-2-4-6-8-13-35-82-63(95)24-25-64(82)96,47-101-39-26-59(91)77-32-17-29-74-56(88)20-10-14-36-104-65-42-51(86)68(97)53(44-83)107-65)48-102-40-27-60(92)78-33-18-30-75-57(89)21-11-15-37-105-66-43-52(87)69(98)54(45-84)108-66/h24-25,51-55,65-72,83-84,86-87,97-100,110H,2-23,26-49H2,1H3,(H,74,88)(H,75,89)(H,76,90)(H,77,91)(H,78,92)(H,79,93)(H,80,85)(H,81,94)/t51-,52-,53-,54-,55-,65-,66-,67-,68-,69-,70+,71-,72-/m1/s1. The van der Waals surface area contributed by atoms with Gasteiger partial charge >= 0.3 is 0 Å². The Labute approximate surface area is 650 Å². The van der Waals surface area contributed by atoms with Gasteiger partial charge in [-0.25, -0.2) is 0 Å². The molecule has 0 radical (unpaired) electrons. The quantitative estimate of drug-likeness (QED) is 0.0175. The fourth-order valence-electron chi connectivity index (χ4n) is 12.2. The maximum absolute atomic E-state index is 13.9. The van der Waals surface area contributed by atoms with Crippen LogP contribution in [0.15, 0.2) is 12.2 Å². The van der Waals surface area contributed by atoms with Gasteiger partial charge in [-0.3, -0.25) is 52.8 Å². The second kappa shape index (κ2) is 57.4. The number of carbonyl (C=O) groups is 10. The molecular formula is C73H127N9O27S. The molecule has 632 valence electrons. The molecule has 13 atom stereocenters. The summed E-state index contributed by atoms with van der Waals surface area (Å²) in [7, 11) is 0. The average molecular weight is 1590 g/mol. The zero-order valence-electron chi connectivity index (χ0n) is 63.9. The fraction of sp³-hybridized carbons (Fsp3) is 0.836. The molecule has 3 fully saturated rings. The van der Waals surface area contributed by atoms with E-state index < -0.39 is 105 Å². The van der Waals surface area contributed by atoms with Crippen molar-refractivity contribution in [3.8, 4) is 0 Å². The van der Waals surface area contributed by atoms with E-state index >= 15 is 0 Å². The van der Waals surface area contributed by atoms with Crippen molar-refractivity contribution in [2.24, 2.45) is 0 Å². The zero-order valence-corrected chi connectivity index (χ0v) is 64.8. The molecule has 37 heteroatoms. The summed E-state index contributed by atoms with van der Waals surface area (Å²) in [5.41, 5.74) is -1.39. The Hall–Kier alpha value is -5.69. The molecule has 110 heavy (non-hydrogen) atoms. The summed E-state index contributed by atoms with van der Waals surface area (Å²) in [5.74, 6) is -2.88. The number of nitrogens with zero attached hydrogens (tertiary/aromatic N) is 1. The zero-order chi connectivity index (χ0) is 80.3. The molecule has 0 aromatic carbocycles. The molecule has 36 nitrogen and oxygen atoms in total. The van der Waals surface area contributed by atoms with Gasteiger partial charge in [0.25, 0.3) is 11.8 Å². The van der Waals surface area contributed by atoms with Gasteiger partial charge in [-0.2, -0.15) is 12.6 Å². The summed E-state index contributed by atoms with van der Waals surface area (Å²) in [4.78, 5) is 127. The first-order chi connectivity index (χ1) is 53.0. The molecule has 4 aliphatic rings. The van der Waals surface area contributed by atoms with Crippen LogP contribution in [0.1, 0.15) is 180 Å². The molecule has 4 aliphatic heterocycles. The normalized spacial score (nSPS) is 23.4. The summed E-state index contributed by atoms with van der Waals surface area (Å²) < 4.78 is 52.0. The number of nitrogens with one attached hydrogen (secondary N) is 8. The van der Waals surface area contributed by atoms with Gasteiger partial charge in [0.15, 0.2) is 18.9 Å². The Morgan fingerprint density at radius 1 is 0.436 bits per heavy atom. The molecular weight excluding hydrogens is 1470 g/mol. The maximum Gasteiger partial charge on any atom is 0.253 e. The van der Waals surface area contributed by atoms with E-state index in [1.54, 1.807) is 0 Å². The minimum Gasteiger partial charge on any atom is -0.394 e. The number of ether oxygens (including phenoxy) is 9. The van der Waals surface area contributed by atoms with E-state index in [-0.39, 0.29) is 202 Å². The van der Waals surface area contributed by atoms with Gasteiger partial charge in [-0.1, -0.05) is 44.9 Å². The first kappa shape index (κ1) is 96.7. The number of aliphatic hydroxyl groups is 8. The number of aliphatic hydroxyl groups excluding tert-OH is 8. The molecule has 4 heterocycles. The highest BCUT2D eigenvalue weighted by Crippen LogP contribution is 2.26. The molecule has 0 saturated carbocycles. The van der Waals surface area contributed by atoms with Gasteiger partial charge in [0, 0.05) is 148 Å². The Balaban J connectivity index is 1.26. The van der Waals surface area contributed by atoms with Gasteiger partial charge in [0.1, 0.15) is 48.2 Å². The lowest BCUT2D eigenvalue weighted by atomic mass is 9.97. The van der Waals surface area contributed by atoms with Crippen LogP contribution in [0.3, 0.4) is 0 Å². The van der Waals surface area contributed by atoms with Gasteiger partial charge in [0.2, 0.25) is 47.3 Å². The van der Waals surface area contributed by atoms with Crippen molar-refractivity contribution in [3.63, 3.8) is 0 Å². The van der Waals surface area contributed by atoms with Crippen molar-refractivity contribution in [2.75, 3.05) is 124 Å². The molecule has 16 N–H and O–H groups in total. The van der Waals surface area contributed by atoms with Crippen molar-refractivity contribution in [1.82, 2.24) is 47.4 Å². The Bertz CT molecular complexity index is 2610. The molecule has 10 amide bonds. The second-order valence-electron chi connectivity index (χ2n) is 28.1. The minimum atomic E-state index is -1.39. The third-order valence-corrected chi connectivity index (χ3v) is 19.0. The number of imide groups is 1. The predicted molar refractivity (Wildman–Crippen MR) is 397 cm³/mol. The van der Waals surface area contributed by atoms with Crippen LogP contribution in [0.4, 0.5) is 0 Å². The average Bonchev–Trinajstić information content (AvgIpc) is 1.01. The molecule has 4 rings (SSSR count). The Morgan fingerprint density at radius 3 is 1.17 bits per heavy atom. The van der Waals surface area contributed by atoms with Crippen molar-refractivity contribution in [1.29, 1.82) is 0 Å². The maximum atomic E-state index is 13.9. The van der Waals surface area contributed by atoms with Crippen molar-refractivity contribution in [3.05, 3.63) is 12.2 Å². The van der Waals surface area contributed by atoms with Crippen LogP contribution in [-0.4, -0.2) is 314 Å². The third kappa shape index (κ3) is 40.9. The number of amides is 10. The lowest BCUT2D eigenvalue weighted by Gasteiger charge is -2.42. The van der Waals surface area contributed by atoms with Crippen molar-refractivity contribution in [2.45, 2.75) is 266 Å². The Morgan fingerprint density at radius 2 is 0.791 bits per heavy atom. The minimum absolute atomic E-state index is 0.0467. The van der Waals surface area contributed by atoms with E-state index in [9.17, 15) is 88.8 Å². The topological polar surface area (TPSA) is 515 Å². The molecule has 0 aromatic rings. The smallest absolute Gasteiger partial charge is 0.253 e. The van der Waals surface area contributed by atoms with Gasteiger partial charge < -0.3 is 126 Å². The van der Waals surface area contributed by atoms with Crippen LogP contribution in [0.5, 0.6) is 0 Å². The summed E-state index contributed by atoms with van der Waals surface area (Å²) in [6.07, 6.45) is 2.48. The van der Waals surface area contributed by atoms with Crippen LogP contribution in [0.2, 0.25) is 0 Å². The summed E-state index contributed by atoms with van der Waals surface area (Å²) in [6, 6.07) is -1.01. The van der Waals surface area contributed by atoms with E-state index in [1.165, 1.54) is 24.0 Å². The summed E-state index contributed by atoms with van der Waals surface area (Å²) in [6.45, 7) is 2.00. The SMILES string of the molecule is CC(=O)N[C@H]1[C@H](OCCCCC(=O)NCCCNC(=O)CCOCC(COCCC(=O)NCCCNC(=O)CCCCO[C@H]2C[C@@H](O)[C@@H](O)[C@@H](CO)O2)(COCCC(=O)NCCCNC(=O)CCCCO[C@H]2C[C@@H](O)[C@@H](O)[C@@H](CO)O2)NC(=O)CCCCCCCCCCCN2C(=O)C=CC2=O)O[C@H](CS)[C@H](O)[C@@H]1O. The van der Waals surface area contributed by atoms with E-state index in [2.05, 4.69) is 55.2 Å².